The molecule has 0 aliphatic carbocycles. The Morgan fingerprint density at radius 2 is 2.00 bits per heavy atom. The Morgan fingerprint density at radius 1 is 1.35 bits per heavy atom. The minimum absolute atomic E-state index is 0.127. The van der Waals surface area contributed by atoms with Crippen LogP contribution in [0.25, 0.3) is 0 Å². The maximum absolute atomic E-state index is 12.3. The average Bonchev–Trinajstić information content (AvgIpc) is 2.35. The summed E-state index contributed by atoms with van der Waals surface area (Å²) < 4.78 is 37.0. The SMILES string of the molecule is CCC(C)(C)NC(=O)CSc1ccc(C(F)(F)F)cn1. The quantitative estimate of drug-likeness (QED) is 0.847. The van der Waals surface area contributed by atoms with Crippen molar-refractivity contribution in [3.63, 3.8) is 0 Å². The molecule has 0 spiro atoms. The van der Waals surface area contributed by atoms with Crippen molar-refractivity contribution in [3.05, 3.63) is 23.9 Å². The highest BCUT2D eigenvalue weighted by Crippen LogP contribution is 2.29. The third-order valence-electron chi connectivity index (χ3n) is 2.78. The summed E-state index contributed by atoms with van der Waals surface area (Å²) in [7, 11) is 0. The molecule has 0 fully saturated rings. The minimum Gasteiger partial charge on any atom is -0.351 e. The third-order valence-corrected chi connectivity index (χ3v) is 3.72. The lowest BCUT2D eigenvalue weighted by Crippen LogP contribution is -2.43. The molecule has 1 rings (SSSR count). The zero-order valence-corrected chi connectivity index (χ0v) is 12.4. The van der Waals surface area contributed by atoms with E-state index in [9.17, 15) is 18.0 Å². The highest BCUT2D eigenvalue weighted by molar-refractivity contribution is 7.99. The largest absolute Gasteiger partial charge is 0.417 e. The normalized spacial score (nSPS) is 12.3. The Morgan fingerprint density at radius 3 is 2.45 bits per heavy atom. The van der Waals surface area contributed by atoms with Crippen LogP contribution in [0.15, 0.2) is 23.4 Å². The van der Waals surface area contributed by atoms with Gasteiger partial charge >= 0.3 is 6.18 Å². The van der Waals surface area contributed by atoms with Crippen molar-refractivity contribution in [2.75, 3.05) is 5.75 Å². The number of halogens is 3. The van der Waals surface area contributed by atoms with Gasteiger partial charge in [0.1, 0.15) is 0 Å². The van der Waals surface area contributed by atoms with Crippen LogP contribution < -0.4 is 5.32 Å². The molecule has 0 aromatic carbocycles. The van der Waals surface area contributed by atoms with Crippen LogP contribution in [0.2, 0.25) is 0 Å². The summed E-state index contributed by atoms with van der Waals surface area (Å²) in [5.41, 5.74) is -1.08. The molecule has 7 heteroatoms. The number of rotatable bonds is 5. The zero-order valence-electron chi connectivity index (χ0n) is 11.5. The Hall–Kier alpha value is -1.24. The van der Waals surface area contributed by atoms with Crippen LogP contribution in [-0.4, -0.2) is 22.2 Å². The van der Waals surface area contributed by atoms with Crippen molar-refractivity contribution < 1.29 is 18.0 Å². The lowest BCUT2D eigenvalue weighted by molar-refractivity contribution is -0.137. The number of nitrogens with one attached hydrogen (secondary N) is 1. The van der Waals surface area contributed by atoms with E-state index in [1.54, 1.807) is 0 Å². The van der Waals surface area contributed by atoms with Gasteiger partial charge in [-0.05, 0) is 32.4 Å². The summed E-state index contributed by atoms with van der Waals surface area (Å²) in [5.74, 6) is -0.0366. The smallest absolute Gasteiger partial charge is 0.351 e. The highest BCUT2D eigenvalue weighted by atomic mass is 32.2. The third kappa shape index (κ3) is 5.40. The van der Waals surface area contributed by atoms with Crippen molar-refractivity contribution >= 4 is 17.7 Å². The fourth-order valence-electron chi connectivity index (χ4n) is 1.27. The maximum Gasteiger partial charge on any atom is 0.417 e. The van der Waals surface area contributed by atoms with Crippen LogP contribution in [0.3, 0.4) is 0 Å². The standard InChI is InChI=1S/C13H17F3N2OS/c1-4-12(2,3)18-10(19)8-20-11-6-5-9(7-17-11)13(14,15)16/h5-7H,4,8H2,1-3H3,(H,18,19). The van der Waals surface area contributed by atoms with E-state index < -0.39 is 11.7 Å². The predicted molar refractivity (Wildman–Crippen MR) is 72.5 cm³/mol. The summed E-state index contributed by atoms with van der Waals surface area (Å²) in [6.45, 7) is 5.78. The first-order valence-electron chi connectivity index (χ1n) is 6.11. The molecule has 0 radical (unpaired) electrons. The molecule has 0 unspecified atom stereocenters. The second-order valence-electron chi connectivity index (χ2n) is 4.96. The van der Waals surface area contributed by atoms with Crippen LogP contribution in [0.1, 0.15) is 32.8 Å². The van der Waals surface area contributed by atoms with Crippen molar-refractivity contribution in [2.45, 2.75) is 43.9 Å². The first-order valence-corrected chi connectivity index (χ1v) is 7.09. The maximum atomic E-state index is 12.3. The van der Waals surface area contributed by atoms with E-state index in [0.29, 0.717) is 5.03 Å². The minimum atomic E-state index is -4.39. The molecule has 112 valence electrons. The van der Waals surface area contributed by atoms with E-state index in [1.807, 2.05) is 20.8 Å². The molecular formula is C13H17F3N2OS. The van der Waals surface area contributed by atoms with Crippen molar-refractivity contribution in [1.82, 2.24) is 10.3 Å². The van der Waals surface area contributed by atoms with E-state index in [2.05, 4.69) is 10.3 Å². The van der Waals surface area contributed by atoms with Crippen LogP contribution in [-0.2, 0) is 11.0 Å². The number of hydrogen-bond acceptors (Lipinski definition) is 3. The lowest BCUT2D eigenvalue weighted by atomic mass is 10.0. The molecule has 3 nitrogen and oxygen atoms in total. The Balaban J connectivity index is 2.52. The molecule has 1 aromatic heterocycles. The number of thioether (sulfide) groups is 1. The first-order chi connectivity index (χ1) is 9.14. The van der Waals surface area contributed by atoms with Gasteiger partial charge in [0.25, 0.3) is 0 Å². The topological polar surface area (TPSA) is 42.0 Å². The van der Waals surface area contributed by atoms with Crippen LogP contribution in [0.4, 0.5) is 13.2 Å². The molecule has 1 heterocycles. The molecule has 1 aromatic rings. The zero-order chi connectivity index (χ0) is 15.4. The molecule has 0 aliphatic heterocycles. The van der Waals surface area contributed by atoms with Crippen molar-refractivity contribution in [3.8, 4) is 0 Å². The summed E-state index contributed by atoms with van der Waals surface area (Å²) in [4.78, 5) is 15.4. The van der Waals surface area contributed by atoms with E-state index in [-0.39, 0.29) is 17.2 Å². The molecule has 0 aliphatic rings. The number of carbonyl (C=O) groups excluding carboxylic acids is 1. The van der Waals surface area contributed by atoms with Gasteiger partial charge in [0, 0.05) is 11.7 Å². The van der Waals surface area contributed by atoms with Gasteiger partial charge in [0.05, 0.1) is 16.3 Å². The number of alkyl halides is 3. The summed E-state index contributed by atoms with van der Waals surface area (Å²) in [6, 6.07) is 2.23. The first kappa shape index (κ1) is 16.8. The molecule has 0 saturated heterocycles. The Bertz CT molecular complexity index is 458. The summed E-state index contributed by atoms with van der Waals surface area (Å²) in [5, 5.41) is 3.24. The molecule has 1 N–H and O–H groups in total. The Labute approximate surface area is 120 Å². The summed E-state index contributed by atoms with van der Waals surface area (Å²) in [6.07, 6.45) is -2.82. The van der Waals surface area contributed by atoms with Gasteiger partial charge in [-0.3, -0.25) is 4.79 Å². The van der Waals surface area contributed by atoms with Gasteiger partial charge < -0.3 is 5.32 Å². The number of carbonyl (C=O) groups is 1. The van der Waals surface area contributed by atoms with Gasteiger partial charge in [-0.2, -0.15) is 13.2 Å². The monoisotopic (exact) mass is 306 g/mol. The number of hydrogen-bond donors (Lipinski definition) is 1. The fourth-order valence-corrected chi connectivity index (χ4v) is 1.92. The van der Waals surface area contributed by atoms with Crippen LogP contribution >= 0.6 is 11.8 Å². The molecule has 0 bridgehead atoms. The fraction of sp³-hybridized carbons (Fsp3) is 0.538. The van der Waals surface area contributed by atoms with Crippen molar-refractivity contribution in [2.24, 2.45) is 0 Å². The van der Waals surface area contributed by atoms with Gasteiger partial charge in [-0.15, -0.1) is 0 Å². The Kier molecular flexibility index (Phi) is 5.44. The molecule has 1 amide bonds. The van der Waals surface area contributed by atoms with Gasteiger partial charge in [0.15, 0.2) is 0 Å². The van der Waals surface area contributed by atoms with E-state index in [4.69, 9.17) is 0 Å². The predicted octanol–water partition coefficient (Wildman–Crippen LogP) is 3.50. The average molecular weight is 306 g/mol. The second-order valence-corrected chi connectivity index (χ2v) is 5.95. The number of nitrogens with zero attached hydrogens (tertiary/aromatic N) is 1. The second kappa shape index (κ2) is 6.47. The lowest BCUT2D eigenvalue weighted by Gasteiger charge is -2.24. The highest BCUT2D eigenvalue weighted by Gasteiger charge is 2.30. The number of aromatic nitrogens is 1. The molecule has 0 atom stereocenters. The van der Waals surface area contributed by atoms with E-state index >= 15 is 0 Å². The van der Waals surface area contributed by atoms with Gasteiger partial charge in [-0.25, -0.2) is 4.98 Å². The number of pyridine rings is 1. The molecule has 20 heavy (non-hydrogen) atoms. The van der Waals surface area contributed by atoms with E-state index in [1.165, 1.54) is 6.07 Å². The van der Waals surface area contributed by atoms with Gasteiger partial charge in [0.2, 0.25) is 5.91 Å². The van der Waals surface area contributed by atoms with E-state index in [0.717, 1.165) is 30.4 Å². The van der Waals surface area contributed by atoms with Crippen molar-refractivity contribution in [1.29, 1.82) is 0 Å². The summed E-state index contributed by atoms with van der Waals surface area (Å²) >= 11 is 1.11. The molecular weight excluding hydrogens is 289 g/mol. The van der Waals surface area contributed by atoms with Crippen LogP contribution in [0, 0.1) is 0 Å². The number of amides is 1. The van der Waals surface area contributed by atoms with Gasteiger partial charge in [-0.1, -0.05) is 18.7 Å². The van der Waals surface area contributed by atoms with Crippen LogP contribution in [0.5, 0.6) is 0 Å². The molecule has 0 saturated carbocycles.